The van der Waals surface area contributed by atoms with Crippen LogP contribution in [0.2, 0.25) is 0 Å². The summed E-state index contributed by atoms with van der Waals surface area (Å²) in [5.74, 6) is 0.456. The number of ether oxygens (including phenoxy) is 2. The molecule has 194 valence electrons. The summed E-state index contributed by atoms with van der Waals surface area (Å²) in [5, 5.41) is 15.9. The van der Waals surface area contributed by atoms with Crippen molar-refractivity contribution in [2.45, 2.75) is 39.9 Å². The van der Waals surface area contributed by atoms with E-state index in [1.807, 2.05) is 80.6 Å². The van der Waals surface area contributed by atoms with Gasteiger partial charge in [-0.15, -0.1) is 0 Å². The number of anilines is 2. The van der Waals surface area contributed by atoms with Crippen LogP contribution >= 0.6 is 0 Å². The van der Waals surface area contributed by atoms with Crippen LogP contribution in [-0.4, -0.2) is 24.2 Å². The maximum atomic E-state index is 11.1. The van der Waals surface area contributed by atoms with Crippen LogP contribution in [0.1, 0.15) is 37.0 Å². The summed E-state index contributed by atoms with van der Waals surface area (Å²) in [5.41, 5.74) is 4.98. The standard InChI is InChI=1S/C31H36N2O4/c1-3-5-15-32-27-11-7-9-25(17-27)22-36-29-19-24(13-14-31(34)35)20-30(21-29)37-23-26-10-8-12-28(18-26)33-16-6-4-2/h3-12,17-21,32-33H,13-16,22-23H2,1-2H3,(H,34,35). The smallest absolute Gasteiger partial charge is 0.303 e. The molecule has 0 amide bonds. The first kappa shape index (κ1) is 27.4. The number of allylic oxidation sites excluding steroid dienone is 2. The van der Waals surface area contributed by atoms with E-state index in [0.29, 0.717) is 31.1 Å². The highest BCUT2D eigenvalue weighted by Crippen LogP contribution is 2.26. The summed E-state index contributed by atoms with van der Waals surface area (Å²) in [6, 6.07) is 21.8. The molecule has 0 aliphatic heterocycles. The zero-order valence-electron chi connectivity index (χ0n) is 21.6. The summed E-state index contributed by atoms with van der Waals surface area (Å²) in [7, 11) is 0. The molecule has 37 heavy (non-hydrogen) atoms. The van der Waals surface area contributed by atoms with Gasteiger partial charge in [0.15, 0.2) is 0 Å². The Morgan fingerprint density at radius 1 is 0.757 bits per heavy atom. The second-order valence-corrected chi connectivity index (χ2v) is 8.58. The second-order valence-electron chi connectivity index (χ2n) is 8.58. The van der Waals surface area contributed by atoms with Crippen molar-refractivity contribution in [1.29, 1.82) is 0 Å². The summed E-state index contributed by atoms with van der Waals surface area (Å²) >= 11 is 0. The Morgan fingerprint density at radius 2 is 1.27 bits per heavy atom. The fourth-order valence-electron chi connectivity index (χ4n) is 3.66. The maximum absolute atomic E-state index is 11.1. The monoisotopic (exact) mass is 500 g/mol. The van der Waals surface area contributed by atoms with Crippen molar-refractivity contribution < 1.29 is 19.4 Å². The highest BCUT2D eigenvalue weighted by Gasteiger charge is 2.08. The van der Waals surface area contributed by atoms with E-state index >= 15 is 0 Å². The van der Waals surface area contributed by atoms with Crippen LogP contribution in [0.15, 0.2) is 91.0 Å². The van der Waals surface area contributed by atoms with Crippen LogP contribution in [-0.2, 0) is 24.4 Å². The third kappa shape index (κ3) is 10.1. The second kappa shape index (κ2) is 15.0. The number of hydrogen-bond donors (Lipinski definition) is 3. The van der Waals surface area contributed by atoms with Gasteiger partial charge in [0.05, 0.1) is 0 Å². The molecule has 0 aromatic heterocycles. The molecular weight excluding hydrogens is 464 g/mol. The van der Waals surface area contributed by atoms with Crippen LogP contribution in [0, 0.1) is 0 Å². The van der Waals surface area contributed by atoms with Crippen LogP contribution < -0.4 is 20.1 Å². The lowest BCUT2D eigenvalue weighted by atomic mass is 10.1. The molecule has 0 radical (unpaired) electrons. The van der Waals surface area contributed by atoms with Crippen molar-refractivity contribution >= 4 is 17.3 Å². The Bertz CT molecular complexity index is 1120. The topological polar surface area (TPSA) is 79.8 Å². The molecule has 3 rings (SSSR count). The van der Waals surface area contributed by atoms with Gasteiger partial charge in [-0.05, 0) is 73.4 Å². The predicted octanol–water partition coefficient (Wildman–Crippen LogP) is 6.84. The lowest BCUT2D eigenvalue weighted by molar-refractivity contribution is -0.136. The van der Waals surface area contributed by atoms with E-state index in [0.717, 1.165) is 41.2 Å². The molecule has 0 heterocycles. The van der Waals surface area contributed by atoms with E-state index in [-0.39, 0.29) is 6.42 Å². The molecular formula is C31H36N2O4. The lowest BCUT2D eigenvalue weighted by Crippen LogP contribution is -2.03. The molecule has 0 aliphatic carbocycles. The molecule has 6 heteroatoms. The highest BCUT2D eigenvalue weighted by molar-refractivity contribution is 5.67. The fraction of sp³-hybridized carbons (Fsp3) is 0.258. The van der Waals surface area contributed by atoms with Crippen LogP contribution in [0.25, 0.3) is 0 Å². The molecule has 0 fully saturated rings. The van der Waals surface area contributed by atoms with Gasteiger partial charge in [-0.25, -0.2) is 0 Å². The van der Waals surface area contributed by atoms with Gasteiger partial charge in [-0.2, -0.15) is 0 Å². The molecule has 0 aliphatic rings. The maximum Gasteiger partial charge on any atom is 0.303 e. The number of hydrogen-bond acceptors (Lipinski definition) is 5. The summed E-state index contributed by atoms with van der Waals surface area (Å²) in [6.45, 7) is 6.30. The number of carbonyl (C=O) groups is 1. The molecule has 0 saturated carbocycles. The van der Waals surface area contributed by atoms with Gasteiger partial charge in [-0.3, -0.25) is 4.79 Å². The number of rotatable bonds is 15. The lowest BCUT2D eigenvalue weighted by Gasteiger charge is -2.14. The van der Waals surface area contributed by atoms with E-state index in [9.17, 15) is 4.79 Å². The zero-order chi connectivity index (χ0) is 26.3. The molecule has 3 aromatic rings. The first-order chi connectivity index (χ1) is 18.1. The number of carboxylic acid groups (broad SMARTS) is 1. The SMILES string of the molecule is CC=CCNc1cccc(COc2cc(CCC(=O)O)cc(OCc3cccc(NCC=CC)c3)c2)c1. The minimum Gasteiger partial charge on any atom is -0.489 e. The molecule has 6 nitrogen and oxygen atoms in total. The minimum atomic E-state index is -0.835. The molecule has 0 bridgehead atoms. The number of nitrogens with one attached hydrogen (secondary N) is 2. The highest BCUT2D eigenvalue weighted by atomic mass is 16.5. The number of carboxylic acids is 1. The largest absolute Gasteiger partial charge is 0.489 e. The van der Waals surface area contributed by atoms with E-state index in [1.165, 1.54) is 0 Å². The van der Waals surface area contributed by atoms with Crippen molar-refractivity contribution in [2.75, 3.05) is 23.7 Å². The van der Waals surface area contributed by atoms with Crippen molar-refractivity contribution in [3.05, 3.63) is 108 Å². The van der Waals surface area contributed by atoms with Gasteiger partial charge >= 0.3 is 5.97 Å². The van der Waals surface area contributed by atoms with Crippen molar-refractivity contribution in [1.82, 2.24) is 0 Å². The number of benzene rings is 3. The normalized spacial score (nSPS) is 11.1. The Labute approximate surface area is 219 Å². The van der Waals surface area contributed by atoms with Crippen LogP contribution in [0.5, 0.6) is 11.5 Å². The van der Waals surface area contributed by atoms with E-state index in [2.05, 4.69) is 34.9 Å². The van der Waals surface area contributed by atoms with E-state index < -0.39 is 5.97 Å². The number of aryl methyl sites for hydroxylation is 1. The quantitative estimate of drug-likeness (QED) is 0.198. The first-order valence-corrected chi connectivity index (χ1v) is 12.5. The molecule has 0 saturated heterocycles. The van der Waals surface area contributed by atoms with Crippen molar-refractivity contribution in [3.8, 4) is 11.5 Å². The molecule has 3 aromatic carbocycles. The van der Waals surface area contributed by atoms with Gasteiger partial charge in [0.1, 0.15) is 24.7 Å². The Hall–Kier alpha value is -4.19. The Kier molecular flexibility index (Phi) is 11.1. The summed E-state index contributed by atoms with van der Waals surface area (Å²) in [4.78, 5) is 11.1. The predicted molar refractivity (Wildman–Crippen MR) is 151 cm³/mol. The third-order valence-corrected chi connectivity index (χ3v) is 5.55. The molecule has 3 N–H and O–H groups in total. The fourth-order valence-corrected chi connectivity index (χ4v) is 3.66. The zero-order valence-corrected chi connectivity index (χ0v) is 21.6. The molecule has 0 unspecified atom stereocenters. The van der Waals surface area contributed by atoms with Gasteiger partial charge in [0.25, 0.3) is 0 Å². The van der Waals surface area contributed by atoms with Gasteiger partial charge in [-0.1, -0.05) is 48.6 Å². The van der Waals surface area contributed by atoms with Crippen LogP contribution in [0.4, 0.5) is 11.4 Å². The Morgan fingerprint density at radius 3 is 1.73 bits per heavy atom. The molecule has 0 spiro atoms. The van der Waals surface area contributed by atoms with Gasteiger partial charge in [0, 0.05) is 37.0 Å². The Balaban J connectivity index is 1.68. The average Bonchev–Trinajstić information content (AvgIpc) is 2.90. The first-order valence-electron chi connectivity index (χ1n) is 12.5. The van der Waals surface area contributed by atoms with Crippen molar-refractivity contribution in [3.63, 3.8) is 0 Å². The third-order valence-electron chi connectivity index (χ3n) is 5.55. The van der Waals surface area contributed by atoms with Crippen molar-refractivity contribution in [2.24, 2.45) is 0 Å². The van der Waals surface area contributed by atoms with Gasteiger partial charge < -0.3 is 25.2 Å². The van der Waals surface area contributed by atoms with Gasteiger partial charge in [0.2, 0.25) is 0 Å². The minimum absolute atomic E-state index is 0.0444. The number of aliphatic carboxylic acids is 1. The van der Waals surface area contributed by atoms with E-state index in [1.54, 1.807) is 0 Å². The summed E-state index contributed by atoms with van der Waals surface area (Å²) < 4.78 is 12.2. The summed E-state index contributed by atoms with van der Waals surface area (Å²) in [6.07, 6.45) is 8.58. The molecule has 0 atom stereocenters. The van der Waals surface area contributed by atoms with E-state index in [4.69, 9.17) is 14.6 Å². The van der Waals surface area contributed by atoms with Crippen LogP contribution in [0.3, 0.4) is 0 Å². The average molecular weight is 501 g/mol.